The molecule has 0 amide bonds. The zero-order valence-corrected chi connectivity index (χ0v) is 8.24. The van der Waals surface area contributed by atoms with Crippen LogP contribution in [0, 0.1) is 0 Å². The molecule has 1 atom stereocenters. The fraction of sp³-hybridized carbons (Fsp3) is 1.00. The van der Waals surface area contributed by atoms with Crippen LogP contribution in [0.15, 0.2) is 0 Å². The summed E-state index contributed by atoms with van der Waals surface area (Å²) in [6.07, 6.45) is 2.23. The second-order valence-electron chi connectivity index (χ2n) is 2.94. The van der Waals surface area contributed by atoms with E-state index in [0.717, 1.165) is 19.3 Å². The van der Waals surface area contributed by atoms with Gasteiger partial charge in [0.1, 0.15) is 0 Å². The molecule has 0 heterocycles. The van der Waals surface area contributed by atoms with Crippen LogP contribution in [-0.4, -0.2) is 49.9 Å². The van der Waals surface area contributed by atoms with Crippen LogP contribution >= 0.6 is 0 Å². The summed E-state index contributed by atoms with van der Waals surface area (Å²) in [5, 5.41) is 17.6. The number of hydrogen-bond acceptors (Lipinski definition) is 4. The van der Waals surface area contributed by atoms with Crippen LogP contribution in [0.4, 0.5) is 0 Å². The molecule has 0 aliphatic rings. The molecule has 0 aliphatic heterocycles. The second kappa shape index (κ2) is 9.92. The zero-order chi connectivity index (χ0) is 9.94. The minimum Gasteiger partial charge on any atom is -0.394 e. The summed E-state index contributed by atoms with van der Waals surface area (Å²) in [7, 11) is 1.58. The molecule has 0 rings (SSSR count). The van der Waals surface area contributed by atoms with Crippen LogP contribution in [0.5, 0.6) is 0 Å². The molecule has 0 aromatic heterocycles. The van der Waals surface area contributed by atoms with E-state index >= 15 is 0 Å². The number of rotatable bonds is 9. The molecule has 2 N–H and O–H groups in total. The maximum atomic E-state index is 9.25. The molecule has 0 aliphatic carbocycles. The van der Waals surface area contributed by atoms with Gasteiger partial charge in [-0.25, -0.2) is 0 Å². The first-order valence-electron chi connectivity index (χ1n) is 4.67. The van der Waals surface area contributed by atoms with Crippen LogP contribution in [0.2, 0.25) is 0 Å². The van der Waals surface area contributed by atoms with Crippen LogP contribution < -0.4 is 0 Å². The van der Waals surface area contributed by atoms with E-state index in [-0.39, 0.29) is 12.7 Å². The van der Waals surface area contributed by atoms with Gasteiger partial charge in [0.05, 0.1) is 25.9 Å². The minimum atomic E-state index is -0.358. The highest BCUT2D eigenvalue weighted by Crippen LogP contribution is 2.01. The molecule has 0 fully saturated rings. The average Bonchev–Trinajstić information content (AvgIpc) is 2.11. The van der Waals surface area contributed by atoms with E-state index in [1.165, 1.54) is 0 Å². The highest BCUT2D eigenvalue weighted by Gasteiger charge is 2.01. The van der Waals surface area contributed by atoms with Gasteiger partial charge >= 0.3 is 0 Å². The molecular formula is C9H20O4. The molecule has 1 unspecified atom stereocenters. The summed E-state index contributed by atoms with van der Waals surface area (Å²) >= 11 is 0. The number of ether oxygens (including phenoxy) is 2. The molecule has 0 aromatic carbocycles. The Labute approximate surface area is 79.5 Å². The molecule has 0 aromatic rings. The van der Waals surface area contributed by atoms with E-state index in [9.17, 15) is 5.11 Å². The van der Waals surface area contributed by atoms with Crippen LogP contribution in [0.1, 0.15) is 19.3 Å². The van der Waals surface area contributed by atoms with Crippen molar-refractivity contribution in [3.8, 4) is 0 Å². The van der Waals surface area contributed by atoms with Crippen molar-refractivity contribution in [2.45, 2.75) is 25.4 Å². The van der Waals surface area contributed by atoms with Gasteiger partial charge in [-0.2, -0.15) is 0 Å². The Balaban J connectivity index is 2.97. The Morgan fingerprint density at radius 1 is 1.23 bits per heavy atom. The Hall–Kier alpha value is -0.160. The molecule has 4 nitrogen and oxygen atoms in total. The van der Waals surface area contributed by atoms with E-state index in [1.54, 1.807) is 7.11 Å². The number of methoxy groups -OCH3 is 1. The Morgan fingerprint density at radius 3 is 2.62 bits per heavy atom. The van der Waals surface area contributed by atoms with Crippen LogP contribution in [-0.2, 0) is 9.47 Å². The van der Waals surface area contributed by atoms with Gasteiger partial charge in [-0.05, 0) is 19.3 Å². The Kier molecular flexibility index (Phi) is 9.80. The first kappa shape index (κ1) is 12.8. The van der Waals surface area contributed by atoms with Gasteiger partial charge in [0.2, 0.25) is 0 Å². The van der Waals surface area contributed by atoms with Gasteiger partial charge < -0.3 is 19.7 Å². The molecule has 0 bridgehead atoms. The van der Waals surface area contributed by atoms with E-state index in [4.69, 9.17) is 14.6 Å². The molecular weight excluding hydrogens is 172 g/mol. The Morgan fingerprint density at radius 2 is 2.00 bits per heavy atom. The van der Waals surface area contributed by atoms with Crippen LogP contribution in [0.3, 0.4) is 0 Å². The number of unbranched alkanes of at least 4 members (excludes halogenated alkanes) is 1. The zero-order valence-electron chi connectivity index (χ0n) is 8.24. The van der Waals surface area contributed by atoms with Gasteiger partial charge in [-0.1, -0.05) is 0 Å². The van der Waals surface area contributed by atoms with E-state index < -0.39 is 0 Å². The van der Waals surface area contributed by atoms with Crippen molar-refractivity contribution < 1.29 is 19.7 Å². The molecule has 0 spiro atoms. The quantitative estimate of drug-likeness (QED) is 0.511. The highest BCUT2D eigenvalue weighted by atomic mass is 16.5. The Bertz CT molecular complexity index is 97.6. The first-order chi connectivity index (χ1) is 6.31. The molecule has 0 radical (unpaired) electrons. The normalized spacial score (nSPS) is 13.2. The number of aliphatic hydroxyl groups excluding tert-OH is 2. The number of aliphatic hydroxyl groups is 2. The van der Waals surface area contributed by atoms with Gasteiger partial charge in [-0.3, -0.25) is 0 Å². The molecule has 4 heteroatoms. The van der Waals surface area contributed by atoms with Crippen molar-refractivity contribution in [2.75, 3.05) is 33.5 Å². The van der Waals surface area contributed by atoms with Crippen molar-refractivity contribution in [3.63, 3.8) is 0 Å². The predicted octanol–water partition coefficient (Wildman–Crippen LogP) is 0.173. The smallest absolute Gasteiger partial charge is 0.0773 e. The van der Waals surface area contributed by atoms with Crippen molar-refractivity contribution in [3.05, 3.63) is 0 Å². The van der Waals surface area contributed by atoms with E-state index in [1.807, 2.05) is 0 Å². The lowest BCUT2D eigenvalue weighted by molar-refractivity contribution is 0.0528. The SMILES string of the molecule is COCC(O)CCCCOCCO. The minimum absolute atomic E-state index is 0.0757. The molecule has 0 saturated carbocycles. The third kappa shape index (κ3) is 9.76. The summed E-state index contributed by atoms with van der Waals surface area (Å²) < 4.78 is 9.85. The lowest BCUT2D eigenvalue weighted by atomic mass is 10.2. The summed E-state index contributed by atoms with van der Waals surface area (Å²) in [6, 6.07) is 0. The van der Waals surface area contributed by atoms with Gasteiger partial charge in [0, 0.05) is 13.7 Å². The van der Waals surface area contributed by atoms with Gasteiger partial charge in [0.15, 0.2) is 0 Å². The van der Waals surface area contributed by atoms with Crippen molar-refractivity contribution in [1.82, 2.24) is 0 Å². The van der Waals surface area contributed by atoms with Gasteiger partial charge in [0.25, 0.3) is 0 Å². The first-order valence-corrected chi connectivity index (χ1v) is 4.67. The lowest BCUT2D eigenvalue weighted by Gasteiger charge is -2.08. The summed E-state index contributed by atoms with van der Waals surface area (Å²) in [6.45, 7) is 1.53. The molecule has 13 heavy (non-hydrogen) atoms. The summed E-state index contributed by atoms with van der Waals surface area (Å²) in [5.74, 6) is 0. The van der Waals surface area contributed by atoms with Crippen LogP contribution in [0.25, 0.3) is 0 Å². The molecule has 80 valence electrons. The van der Waals surface area contributed by atoms with E-state index in [0.29, 0.717) is 19.8 Å². The van der Waals surface area contributed by atoms with Crippen molar-refractivity contribution >= 4 is 0 Å². The van der Waals surface area contributed by atoms with Crippen molar-refractivity contribution in [2.24, 2.45) is 0 Å². The highest BCUT2D eigenvalue weighted by molar-refractivity contribution is 4.53. The van der Waals surface area contributed by atoms with Crippen molar-refractivity contribution in [1.29, 1.82) is 0 Å². The fourth-order valence-corrected chi connectivity index (χ4v) is 1.03. The second-order valence-corrected chi connectivity index (χ2v) is 2.94. The molecule has 0 saturated heterocycles. The number of hydrogen-bond donors (Lipinski definition) is 2. The third-order valence-electron chi connectivity index (χ3n) is 1.67. The maximum Gasteiger partial charge on any atom is 0.0773 e. The largest absolute Gasteiger partial charge is 0.394 e. The summed E-state index contributed by atoms with van der Waals surface area (Å²) in [5.41, 5.74) is 0. The standard InChI is InChI=1S/C9H20O4/c1-12-8-9(11)4-2-3-6-13-7-5-10/h9-11H,2-8H2,1H3. The summed E-state index contributed by atoms with van der Waals surface area (Å²) in [4.78, 5) is 0. The lowest BCUT2D eigenvalue weighted by Crippen LogP contribution is -2.13. The average molecular weight is 192 g/mol. The fourth-order valence-electron chi connectivity index (χ4n) is 1.03. The van der Waals surface area contributed by atoms with Gasteiger partial charge in [-0.15, -0.1) is 0 Å². The topological polar surface area (TPSA) is 58.9 Å². The maximum absolute atomic E-state index is 9.25. The van der Waals surface area contributed by atoms with E-state index in [2.05, 4.69) is 0 Å². The third-order valence-corrected chi connectivity index (χ3v) is 1.67. The predicted molar refractivity (Wildman–Crippen MR) is 49.6 cm³/mol. The monoisotopic (exact) mass is 192 g/mol.